The summed E-state index contributed by atoms with van der Waals surface area (Å²) in [6.45, 7) is 1.02. The van der Waals surface area contributed by atoms with Crippen LogP contribution in [-0.4, -0.2) is 18.0 Å². The number of benzene rings is 2. The maximum absolute atomic E-state index is 13.1. The highest BCUT2D eigenvalue weighted by Gasteiger charge is 2.35. The van der Waals surface area contributed by atoms with Crippen molar-refractivity contribution in [2.45, 2.75) is 31.9 Å². The third kappa shape index (κ3) is 5.17. The quantitative estimate of drug-likeness (QED) is 0.659. The molecular weight excluding hydrogens is 386 g/mol. The van der Waals surface area contributed by atoms with E-state index in [2.05, 4.69) is 5.32 Å². The van der Waals surface area contributed by atoms with Crippen LogP contribution in [-0.2, 0) is 18.9 Å². The molecule has 2 aromatic carbocycles. The van der Waals surface area contributed by atoms with Crippen molar-refractivity contribution < 1.29 is 31.1 Å². The van der Waals surface area contributed by atoms with E-state index in [1.165, 1.54) is 50.4 Å². The predicted molar refractivity (Wildman–Crippen MR) is 91.3 cm³/mol. The van der Waals surface area contributed by atoms with E-state index in [9.17, 15) is 31.1 Å². The lowest BCUT2D eigenvalue weighted by atomic mass is 10.0. The molecule has 1 atom stereocenters. The number of alkyl halides is 6. The average Bonchev–Trinajstić information content (AvgIpc) is 2.60. The summed E-state index contributed by atoms with van der Waals surface area (Å²) in [5, 5.41) is 2.39. The van der Waals surface area contributed by atoms with Gasteiger partial charge in [-0.3, -0.25) is 0 Å². The molecule has 3 nitrogen and oxygen atoms in total. The monoisotopic (exact) mass is 404 g/mol. The molecule has 152 valence electrons. The first-order valence-corrected chi connectivity index (χ1v) is 8.24. The molecule has 28 heavy (non-hydrogen) atoms. The van der Waals surface area contributed by atoms with Crippen molar-refractivity contribution in [3.63, 3.8) is 0 Å². The minimum Gasteiger partial charge on any atom is -0.331 e. The van der Waals surface area contributed by atoms with Gasteiger partial charge in [-0.15, -0.1) is 0 Å². The van der Waals surface area contributed by atoms with E-state index in [0.29, 0.717) is 0 Å². The first-order chi connectivity index (χ1) is 12.9. The Morgan fingerprint density at radius 1 is 0.929 bits per heavy atom. The average molecular weight is 404 g/mol. The number of amides is 2. The van der Waals surface area contributed by atoms with Gasteiger partial charge in [0.05, 0.1) is 17.2 Å². The number of halogens is 6. The van der Waals surface area contributed by atoms with Gasteiger partial charge in [-0.25, -0.2) is 4.79 Å². The maximum Gasteiger partial charge on any atom is 0.416 e. The number of carbonyl (C=O) groups excluding carboxylic acids is 1. The van der Waals surface area contributed by atoms with Gasteiger partial charge in [0.1, 0.15) is 0 Å². The summed E-state index contributed by atoms with van der Waals surface area (Å²) in [6, 6.07) is 7.82. The van der Waals surface area contributed by atoms with Crippen LogP contribution in [0.5, 0.6) is 0 Å². The van der Waals surface area contributed by atoms with Crippen molar-refractivity contribution in [1.29, 1.82) is 0 Å². The van der Waals surface area contributed by atoms with Gasteiger partial charge in [-0.2, -0.15) is 26.3 Å². The first kappa shape index (κ1) is 21.6. The lowest BCUT2D eigenvalue weighted by molar-refractivity contribution is -0.139. The zero-order valence-corrected chi connectivity index (χ0v) is 15.0. The first-order valence-electron chi connectivity index (χ1n) is 8.24. The summed E-state index contributed by atoms with van der Waals surface area (Å²) in [6.07, 6.45) is -9.17. The Hall–Kier alpha value is -2.71. The van der Waals surface area contributed by atoms with Gasteiger partial charge < -0.3 is 10.2 Å². The van der Waals surface area contributed by atoms with Crippen LogP contribution in [0, 0.1) is 0 Å². The van der Waals surface area contributed by atoms with Crippen LogP contribution < -0.4 is 5.32 Å². The molecule has 2 rings (SSSR count). The minimum absolute atomic E-state index is 0.115. The molecule has 0 aliphatic heterocycles. The molecule has 9 heteroatoms. The SMILES string of the molecule is CC(NC(=O)N(C)Cc1ccccc1C(F)(F)F)c1ccccc1C(F)(F)F. The van der Waals surface area contributed by atoms with E-state index in [4.69, 9.17) is 0 Å². The summed E-state index contributed by atoms with van der Waals surface area (Å²) >= 11 is 0. The zero-order chi connectivity index (χ0) is 21.1. The van der Waals surface area contributed by atoms with Gasteiger partial charge in [0.2, 0.25) is 0 Å². The van der Waals surface area contributed by atoms with Crippen LogP contribution in [0.15, 0.2) is 48.5 Å². The van der Waals surface area contributed by atoms with Crippen molar-refractivity contribution >= 4 is 6.03 Å². The van der Waals surface area contributed by atoms with Crippen molar-refractivity contribution in [2.24, 2.45) is 0 Å². The second-order valence-electron chi connectivity index (χ2n) is 6.27. The Bertz CT molecular complexity index is 832. The van der Waals surface area contributed by atoms with Gasteiger partial charge >= 0.3 is 18.4 Å². The fourth-order valence-electron chi connectivity index (χ4n) is 2.77. The van der Waals surface area contributed by atoms with Crippen molar-refractivity contribution in [1.82, 2.24) is 10.2 Å². The van der Waals surface area contributed by atoms with Gasteiger partial charge in [0, 0.05) is 13.6 Å². The van der Waals surface area contributed by atoms with E-state index in [0.717, 1.165) is 17.0 Å². The highest BCUT2D eigenvalue weighted by molar-refractivity contribution is 5.74. The van der Waals surface area contributed by atoms with Crippen molar-refractivity contribution in [3.8, 4) is 0 Å². The maximum atomic E-state index is 13.1. The van der Waals surface area contributed by atoms with Gasteiger partial charge in [0.25, 0.3) is 0 Å². The van der Waals surface area contributed by atoms with Gasteiger partial charge in [-0.05, 0) is 30.2 Å². The van der Waals surface area contributed by atoms with E-state index < -0.39 is 35.6 Å². The summed E-state index contributed by atoms with van der Waals surface area (Å²) in [5.74, 6) is 0. The minimum atomic E-state index is -4.59. The Morgan fingerprint density at radius 2 is 1.43 bits per heavy atom. The van der Waals surface area contributed by atoms with Gasteiger partial charge in [-0.1, -0.05) is 36.4 Å². The largest absolute Gasteiger partial charge is 0.416 e. The molecule has 0 saturated carbocycles. The molecule has 1 N–H and O–H groups in total. The number of nitrogens with one attached hydrogen (secondary N) is 1. The molecule has 0 aromatic heterocycles. The third-order valence-corrected chi connectivity index (χ3v) is 4.15. The van der Waals surface area contributed by atoms with E-state index >= 15 is 0 Å². The highest BCUT2D eigenvalue weighted by atomic mass is 19.4. The standard InChI is InChI=1S/C19H18F6N2O/c1-12(14-8-4-6-10-16(14)19(23,24)25)26-17(28)27(2)11-13-7-3-5-9-15(13)18(20,21)22/h3-10,12H,11H2,1-2H3,(H,26,28). The second-order valence-corrected chi connectivity index (χ2v) is 6.27. The molecule has 0 saturated heterocycles. The van der Waals surface area contributed by atoms with E-state index in [1.807, 2.05) is 0 Å². The molecule has 0 bridgehead atoms. The lowest BCUT2D eigenvalue weighted by Gasteiger charge is -2.24. The van der Waals surface area contributed by atoms with E-state index in [-0.39, 0.29) is 17.7 Å². The van der Waals surface area contributed by atoms with Crippen LogP contribution in [0.2, 0.25) is 0 Å². The summed E-state index contributed by atoms with van der Waals surface area (Å²) < 4.78 is 78.5. The third-order valence-electron chi connectivity index (χ3n) is 4.15. The number of rotatable bonds is 4. The fourth-order valence-corrected chi connectivity index (χ4v) is 2.77. The number of nitrogens with zero attached hydrogens (tertiary/aromatic N) is 1. The Labute approximate surface area is 158 Å². The molecule has 0 radical (unpaired) electrons. The number of carbonyl (C=O) groups is 1. The molecule has 1 unspecified atom stereocenters. The molecule has 0 heterocycles. The summed E-state index contributed by atoms with van der Waals surface area (Å²) in [7, 11) is 1.27. The predicted octanol–water partition coefficient (Wildman–Crippen LogP) is 5.63. The molecular formula is C19H18F6N2O. The van der Waals surface area contributed by atoms with Crippen LogP contribution in [0.1, 0.15) is 35.2 Å². The second kappa shape index (κ2) is 8.12. The Kier molecular flexibility index (Phi) is 6.26. The van der Waals surface area contributed by atoms with Crippen LogP contribution in [0.3, 0.4) is 0 Å². The van der Waals surface area contributed by atoms with Crippen molar-refractivity contribution in [2.75, 3.05) is 7.05 Å². The topological polar surface area (TPSA) is 32.3 Å². The zero-order valence-electron chi connectivity index (χ0n) is 15.0. The van der Waals surface area contributed by atoms with Crippen LogP contribution in [0.25, 0.3) is 0 Å². The normalized spacial score (nSPS) is 13.1. The molecule has 2 amide bonds. The molecule has 0 fully saturated rings. The molecule has 0 aliphatic carbocycles. The fraction of sp³-hybridized carbons (Fsp3) is 0.316. The van der Waals surface area contributed by atoms with Crippen LogP contribution >= 0.6 is 0 Å². The molecule has 0 aliphatic rings. The van der Waals surface area contributed by atoms with E-state index in [1.54, 1.807) is 0 Å². The van der Waals surface area contributed by atoms with Crippen molar-refractivity contribution in [3.05, 3.63) is 70.8 Å². The summed E-state index contributed by atoms with van der Waals surface area (Å²) in [4.78, 5) is 13.3. The Balaban J connectivity index is 2.14. The molecule has 0 spiro atoms. The lowest BCUT2D eigenvalue weighted by Crippen LogP contribution is -2.39. The van der Waals surface area contributed by atoms with Crippen LogP contribution in [0.4, 0.5) is 31.1 Å². The van der Waals surface area contributed by atoms with Gasteiger partial charge in [0.15, 0.2) is 0 Å². The smallest absolute Gasteiger partial charge is 0.331 e. The number of urea groups is 1. The number of hydrogen-bond donors (Lipinski definition) is 1. The number of hydrogen-bond acceptors (Lipinski definition) is 1. The molecule has 2 aromatic rings. The Morgan fingerprint density at radius 3 is 2.00 bits per heavy atom. The highest BCUT2D eigenvalue weighted by Crippen LogP contribution is 2.35. The summed E-state index contributed by atoms with van der Waals surface area (Å²) in [5.41, 5.74) is -2.00.